The van der Waals surface area contributed by atoms with E-state index in [1.807, 2.05) is 4.90 Å². The number of halogens is 5. The van der Waals surface area contributed by atoms with Crippen molar-refractivity contribution in [3.8, 4) is 0 Å². The fourth-order valence-corrected chi connectivity index (χ4v) is 6.48. The van der Waals surface area contributed by atoms with Crippen molar-refractivity contribution in [3.05, 3.63) is 63.7 Å². The first-order chi connectivity index (χ1) is 20.2. The Hall–Kier alpha value is -2.38. The SMILES string of the molecule is CC(Cl)S(=O)(=O)c1cccc(CNC(=O)c2cc(Cl)c(CN3CCC[C@H](NC(=O)CCCCCN)C3)c(C(F)(F)F)c2)c1. The molecule has 43 heavy (non-hydrogen) atoms. The minimum atomic E-state index is -4.77. The smallest absolute Gasteiger partial charge is 0.352 e. The first-order valence-corrected chi connectivity index (χ1v) is 16.4. The van der Waals surface area contributed by atoms with Crippen LogP contribution in [0.4, 0.5) is 13.2 Å². The fraction of sp³-hybridized carbons (Fsp3) is 0.517. The summed E-state index contributed by atoms with van der Waals surface area (Å²) in [6, 6.07) is 7.57. The fourth-order valence-electron chi connectivity index (χ4n) is 4.93. The lowest BCUT2D eigenvalue weighted by Gasteiger charge is -2.34. The summed E-state index contributed by atoms with van der Waals surface area (Å²) in [7, 11) is -3.77. The van der Waals surface area contributed by atoms with Crippen molar-refractivity contribution in [1.82, 2.24) is 15.5 Å². The highest BCUT2D eigenvalue weighted by atomic mass is 35.5. The maximum absolute atomic E-state index is 14.2. The van der Waals surface area contributed by atoms with Crippen LogP contribution in [0.15, 0.2) is 41.3 Å². The van der Waals surface area contributed by atoms with Crippen LogP contribution in [0.1, 0.15) is 72.5 Å². The zero-order chi connectivity index (χ0) is 31.8. The predicted molar refractivity (Wildman–Crippen MR) is 161 cm³/mol. The number of likely N-dealkylation sites (tertiary alicyclic amines) is 1. The largest absolute Gasteiger partial charge is 0.416 e. The molecule has 1 saturated heterocycles. The Morgan fingerprint density at radius 2 is 1.91 bits per heavy atom. The molecule has 1 aliphatic rings. The Morgan fingerprint density at radius 1 is 1.16 bits per heavy atom. The topological polar surface area (TPSA) is 122 Å². The molecule has 14 heteroatoms. The predicted octanol–water partition coefficient (Wildman–Crippen LogP) is 5.25. The number of nitrogens with zero attached hydrogens (tertiary/aromatic N) is 1. The molecule has 1 heterocycles. The van der Waals surface area contributed by atoms with E-state index in [1.165, 1.54) is 31.2 Å². The number of hydrogen-bond donors (Lipinski definition) is 3. The molecule has 3 rings (SSSR count). The lowest BCUT2D eigenvalue weighted by molar-refractivity contribution is -0.138. The van der Waals surface area contributed by atoms with Gasteiger partial charge in [-0.25, -0.2) is 8.42 Å². The minimum Gasteiger partial charge on any atom is -0.352 e. The molecule has 238 valence electrons. The van der Waals surface area contributed by atoms with Crippen molar-refractivity contribution in [3.63, 3.8) is 0 Å². The number of amides is 2. The van der Waals surface area contributed by atoms with Crippen LogP contribution in [-0.4, -0.2) is 55.5 Å². The highest BCUT2D eigenvalue weighted by Crippen LogP contribution is 2.37. The molecule has 2 aromatic carbocycles. The molecular formula is C29H37Cl2F3N4O4S. The van der Waals surface area contributed by atoms with Gasteiger partial charge in [-0.3, -0.25) is 14.5 Å². The molecule has 1 unspecified atom stereocenters. The molecule has 8 nitrogen and oxygen atoms in total. The van der Waals surface area contributed by atoms with Gasteiger partial charge in [-0.2, -0.15) is 13.2 Å². The Kier molecular flexibility index (Phi) is 12.7. The number of nitrogens with two attached hydrogens (primary N) is 1. The van der Waals surface area contributed by atoms with Gasteiger partial charge in [0.1, 0.15) is 4.71 Å². The van der Waals surface area contributed by atoms with E-state index < -0.39 is 32.2 Å². The molecule has 1 fully saturated rings. The summed E-state index contributed by atoms with van der Waals surface area (Å²) < 4.78 is 66.1. The minimum absolute atomic E-state index is 0.0319. The lowest BCUT2D eigenvalue weighted by atomic mass is 9.99. The summed E-state index contributed by atoms with van der Waals surface area (Å²) >= 11 is 12.1. The molecule has 0 bridgehead atoms. The summed E-state index contributed by atoms with van der Waals surface area (Å²) in [5.74, 6) is -0.889. The maximum Gasteiger partial charge on any atom is 0.416 e. The standard InChI is InChI=1S/C29H37Cl2F3N4O4S/c1-19(30)43(41,42)23-9-5-7-20(13-23)16-36-28(40)21-14-25(29(32,33)34)24(26(31)15-21)18-38-12-6-8-22(17-38)37-27(39)10-3-2-4-11-35/h5,7,9,13-15,19,22H,2-4,6,8,10-12,16-18,35H2,1H3,(H,36,40)(H,37,39)/t19?,22-/m0/s1. The first-order valence-electron chi connectivity index (χ1n) is 14.1. The third-order valence-corrected chi connectivity index (χ3v) is 10.0. The summed E-state index contributed by atoms with van der Waals surface area (Å²) in [5.41, 5.74) is 4.46. The maximum atomic E-state index is 14.2. The van der Waals surface area contributed by atoms with E-state index in [1.54, 1.807) is 6.07 Å². The van der Waals surface area contributed by atoms with Crippen molar-refractivity contribution in [2.45, 2.75) is 80.4 Å². The number of rotatable bonds is 13. The van der Waals surface area contributed by atoms with E-state index in [0.717, 1.165) is 31.7 Å². The molecule has 0 saturated carbocycles. The average molecular weight is 666 g/mol. The van der Waals surface area contributed by atoms with Crippen molar-refractivity contribution >= 4 is 44.9 Å². The zero-order valence-electron chi connectivity index (χ0n) is 23.9. The zero-order valence-corrected chi connectivity index (χ0v) is 26.2. The van der Waals surface area contributed by atoms with Gasteiger partial charge in [0.15, 0.2) is 9.84 Å². The Balaban J connectivity index is 1.70. The summed E-state index contributed by atoms with van der Waals surface area (Å²) in [5, 5.41) is 5.31. The van der Waals surface area contributed by atoms with Gasteiger partial charge in [-0.1, -0.05) is 30.2 Å². The van der Waals surface area contributed by atoms with Crippen LogP contribution in [0.25, 0.3) is 0 Å². The number of benzene rings is 2. The Morgan fingerprint density at radius 3 is 2.58 bits per heavy atom. The number of sulfone groups is 1. The third kappa shape index (κ3) is 10.1. The van der Waals surface area contributed by atoms with Gasteiger partial charge in [-0.05, 0) is 81.1 Å². The summed E-state index contributed by atoms with van der Waals surface area (Å²) in [6.45, 7) is 2.58. The van der Waals surface area contributed by atoms with Crippen molar-refractivity contribution in [1.29, 1.82) is 0 Å². The first kappa shape index (κ1) is 35.1. The van der Waals surface area contributed by atoms with Crippen LogP contribution >= 0.6 is 23.2 Å². The third-order valence-electron chi connectivity index (χ3n) is 7.23. The highest BCUT2D eigenvalue weighted by Gasteiger charge is 2.36. The van der Waals surface area contributed by atoms with E-state index in [4.69, 9.17) is 28.9 Å². The molecule has 4 N–H and O–H groups in total. The Labute approximate surface area is 260 Å². The van der Waals surface area contributed by atoms with Crippen LogP contribution in [0.3, 0.4) is 0 Å². The summed E-state index contributed by atoms with van der Waals surface area (Å²) in [6.07, 6.45) is -0.537. The van der Waals surface area contributed by atoms with E-state index in [2.05, 4.69) is 10.6 Å². The highest BCUT2D eigenvalue weighted by molar-refractivity contribution is 7.93. The Bertz CT molecular complexity index is 1390. The number of hydrogen-bond acceptors (Lipinski definition) is 6. The number of carbonyl (C=O) groups excluding carboxylic acids is 2. The molecule has 0 aromatic heterocycles. The molecule has 2 aromatic rings. The quantitative estimate of drug-likeness (QED) is 0.199. The second kappa shape index (κ2) is 15.6. The number of piperidine rings is 1. The number of unbranched alkanes of at least 4 members (excludes halogenated alkanes) is 2. The van der Waals surface area contributed by atoms with E-state index in [-0.39, 0.29) is 46.1 Å². The molecule has 0 radical (unpaired) electrons. The van der Waals surface area contributed by atoms with Crippen molar-refractivity contribution < 1.29 is 31.2 Å². The normalized spacial score (nSPS) is 17.0. The van der Waals surface area contributed by atoms with Crippen LogP contribution in [0, 0.1) is 0 Å². The van der Waals surface area contributed by atoms with E-state index >= 15 is 0 Å². The molecular weight excluding hydrogens is 628 g/mol. The monoisotopic (exact) mass is 664 g/mol. The van der Waals surface area contributed by atoms with Crippen molar-refractivity contribution in [2.75, 3.05) is 19.6 Å². The van der Waals surface area contributed by atoms with Gasteiger partial charge < -0.3 is 16.4 Å². The molecule has 0 aliphatic carbocycles. The average Bonchev–Trinajstić information content (AvgIpc) is 2.94. The van der Waals surface area contributed by atoms with E-state index in [9.17, 15) is 31.2 Å². The molecule has 2 atom stereocenters. The number of alkyl halides is 4. The van der Waals surface area contributed by atoms with Gasteiger partial charge in [0.25, 0.3) is 5.91 Å². The van der Waals surface area contributed by atoms with Gasteiger partial charge in [-0.15, -0.1) is 11.6 Å². The number of carbonyl (C=O) groups is 2. The number of nitrogens with one attached hydrogen (secondary N) is 2. The van der Waals surface area contributed by atoms with E-state index in [0.29, 0.717) is 38.0 Å². The van der Waals surface area contributed by atoms with Crippen LogP contribution in [0.5, 0.6) is 0 Å². The van der Waals surface area contributed by atoms with Gasteiger partial charge in [0.2, 0.25) is 5.91 Å². The summed E-state index contributed by atoms with van der Waals surface area (Å²) in [4.78, 5) is 27.0. The lowest BCUT2D eigenvalue weighted by Crippen LogP contribution is -2.47. The molecule has 2 amide bonds. The van der Waals surface area contributed by atoms with Gasteiger partial charge in [0, 0.05) is 42.7 Å². The van der Waals surface area contributed by atoms with Gasteiger partial charge in [0.05, 0.1) is 10.5 Å². The van der Waals surface area contributed by atoms with Crippen LogP contribution < -0.4 is 16.4 Å². The molecule has 0 spiro atoms. The van der Waals surface area contributed by atoms with Gasteiger partial charge >= 0.3 is 6.18 Å². The molecule has 1 aliphatic heterocycles. The second-order valence-corrected chi connectivity index (χ2v) is 14.2. The second-order valence-electron chi connectivity index (χ2n) is 10.6. The van der Waals surface area contributed by atoms with Crippen LogP contribution in [0.2, 0.25) is 5.02 Å². The van der Waals surface area contributed by atoms with Crippen molar-refractivity contribution in [2.24, 2.45) is 5.73 Å². The van der Waals surface area contributed by atoms with Crippen LogP contribution in [-0.2, 0) is 33.9 Å².